The Kier molecular flexibility index (Phi) is 8.28. The molecule has 0 spiro atoms. The lowest BCUT2D eigenvalue weighted by Crippen LogP contribution is -2.25. The molecule has 0 aliphatic carbocycles. The van der Waals surface area contributed by atoms with Crippen LogP contribution in [0.15, 0.2) is 18.2 Å². The molecule has 0 radical (unpaired) electrons. The number of nitrogens with one attached hydrogen (secondary N) is 1. The number of amides is 1. The van der Waals surface area contributed by atoms with E-state index in [9.17, 15) is 4.79 Å². The summed E-state index contributed by atoms with van der Waals surface area (Å²) in [4.78, 5) is 11.9. The van der Waals surface area contributed by atoms with E-state index < -0.39 is 0 Å². The number of hydrogen-bond donors (Lipinski definition) is 2. The molecule has 5 heteroatoms. The number of rotatable bonds is 10. The first-order chi connectivity index (χ1) is 10.2. The zero-order chi connectivity index (χ0) is 15.5. The van der Waals surface area contributed by atoms with E-state index in [2.05, 4.69) is 12.2 Å². The largest absolute Gasteiger partial charge is 0.491 e. The molecule has 0 atom stereocenters. The second-order valence-electron chi connectivity index (χ2n) is 4.91. The van der Waals surface area contributed by atoms with Crippen molar-refractivity contribution in [2.75, 3.05) is 32.6 Å². The molecular weight excluding hydrogens is 268 g/mol. The van der Waals surface area contributed by atoms with Crippen molar-refractivity contribution in [3.63, 3.8) is 0 Å². The van der Waals surface area contributed by atoms with Crippen LogP contribution in [0.2, 0.25) is 0 Å². The maximum absolute atomic E-state index is 11.9. The van der Waals surface area contributed by atoms with E-state index >= 15 is 0 Å². The third kappa shape index (κ3) is 6.49. The predicted octanol–water partition coefficient (Wildman–Crippen LogP) is 2.60. The van der Waals surface area contributed by atoms with Gasteiger partial charge in [0.25, 0.3) is 5.91 Å². The van der Waals surface area contributed by atoms with Gasteiger partial charge in [0.05, 0.1) is 12.3 Å². The average molecular weight is 294 g/mol. The van der Waals surface area contributed by atoms with Crippen LogP contribution in [-0.4, -0.2) is 32.8 Å². The summed E-state index contributed by atoms with van der Waals surface area (Å²) in [5.41, 5.74) is 6.97. The first-order valence-electron chi connectivity index (χ1n) is 7.48. The second-order valence-corrected chi connectivity index (χ2v) is 4.91. The minimum atomic E-state index is -0.129. The summed E-state index contributed by atoms with van der Waals surface area (Å²) in [7, 11) is 1.64. The zero-order valence-corrected chi connectivity index (χ0v) is 13.0. The Hall–Kier alpha value is -1.75. The lowest BCUT2D eigenvalue weighted by atomic mass is 10.1. The number of carbonyl (C=O) groups excluding carboxylic acids is 1. The summed E-state index contributed by atoms with van der Waals surface area (Å²) in [6, 6.07) is 5.14. The number of unbranched alkanes of at least 4 members (excludes halogenated alkanes) is 2. The van der Waals surface area contributed by atoms with Gasteiger partial charge in [0.2, 0.25) is 0 Å². The van der Waals surface area contributed by atoms with Gasteiger partial charge in [0, 0.05) is 25.8 Å². The normalized spacial score (nSPS) is 10.4. The molecular formula is C16H26N2O3. The third-order valence-corrected chi connectivity index (χ3v) is 3.09. The number of nitrogen functional groups attached to an aromatic ring is 1. The maximum atomic E-state index is 11.9. The highest BCUT2D eigenvalue weighted by molar-refractivity contribution is 5.95. The fourth-order valence-corrected chi connectivity index (χ4v) is 1.88. The fourth-order valence-electron chi connectivity index (χ4n) is 1.88. The van der Waals surface area contributed by atoms with Gasteiger partial charge in [-0.1, -0.05) is 19.8 Å². The van der Waals surface area contributed by atoms with Crippen LogP contribution < -0.4 is 15.8 Å². The fraction of sp³-hybridized carbons (Fsp3) is 0.562. The van der Waals surface area contributed by atoms with Crippen molar-refractivity contribution in [2.45, 2.75) is 32.6 Å². The van der Waals surface area contributed by atoms with E-state index in [4.69, 9.17) is 15.2 Å². The molecule has 0 unspecified atom stereocenters. The Morgan fingerprint density at radius 3 is 2.71 bits per heavy atom. The topological polar surface area (TPSA) is 73.6 Å². The van der Waals surface area contributed by atoms with Gasteiger partial charge in [0.15, 0.2) is 0 Å². The lowest BCUT2D eigenvalue weighted by Gasteiger charge is -2.10. The first-order valence-corrected chi connectivity index (χ1v) is 7.48. The van der Waals surface area contributed by atoms with E-state index in [1.165, 1.54) is 0 Å². The van der Waals surface area contributed by atoms with Crippen LogP contribution in [0, 0.1) is 0 Å². The smallest absolute Gasteiger partial charge is 0.251 e. The summed E-state index contributed by atoms with van der Waals surface area (Å²) in [6.07, 6.45) is 4.09. The van der Waals surface area contributed by atoms with Crippen molar-refractivity contribution in [3.05, 3.63) is 23.8 Å². The molecule has 1 aromatic carbocycles. The van der Waals surface area contributed by atoms with Gasteiger partial charge in [-0.2, -0.15) is 0 Å². The minimum Gasteiger partial charge on any atom is -0.491 e. The highest BCUT2D eigenvalue weighted by Gasteiger charge is 2.08. The molecule has 5 nitrogen and oxygen atoms in total. The summed E-state index contributed by atoms with van der Waals surface area (Å²) in [6.45, 7) is 4.02. The second kappa shape index (κ2) is 10.0. The predicted molar refractivity (Wildman–Crippen MR) is 84.7 cm³/mol. The van der Waals surface area contributed by atoms with Crippen LogP contribution in [0.4, 0.5) is 5.69 Å². The molecule has 0 heterocycles. The number of hydrogen-bond acceptors (Lipinski definition) is 4. The Labute approximate surface area is 126 Å². The van der Waals surface area contributed by atoms with Crippen LogP contribution in [0.3, 0.4) is 0 Å². The molecule has 3 N–H and O–H groups in total. The van der Waals surface area contributed by atoms with E-state index in [-0.39, 0.29) is 5.91 Å². The van der Waals surface area contributed by atoms with Gasteiger partial charge in [0.1, 0.15) is 5.75 Å². The van der Waals surface area contributed by atoms with Crippen LogP contribution in [0.1, 0.15) is 43.0 Å². The number of carbonyl (C=O) groups is 1. The van der Waals surface area contributed by atoms with Crippen LogP contribution in [-0.2, 0) is 4.74 Å². The average Bonchev–Trinajstić information content (AvgIpc) is 2.49. The third-order valence-electron chi connectivity index (χ3n) is 3.09. The highest BCUT2D eigenvalue weighted by atomic mass is 16.5. The van der Waals surface area contributed by atoms with Gasteiger partial charge in [-0.15, -0.1) is 0 Å². The molecule has 0 bridgehead atoms. The van der Waals surface area contributed by atoms with Gasteiger partial charge in [-0.3, -0.25) is 4.79 Å². The Morgan fingerprint density at radius 1 is 1.24 bits per heavy atom. The van der Waals surface area contributed by atoms with Gasteiger partial charge >= 0.3 is 0 Å². The van der Waals surface area contributed by atoms with E-state index in [1.54, 1.807) is 25.3 Å². The molecule has 0 aliphatic rings. The standard InChI is InChI=1S/C16H26N2O3/c1-3-4-5-11-21-15-8-7-13(12-14(15)17)16(19)18-9-6-10-20-2/h7-8,12H,3-6,9-11,17H2,1-2H3,(H,18,19). The van der Waals surface area contributed by atoms with Crippen LogP contribution >= 0.6 is 0 Å². The van der Waals surface area contributed by atoms with Crippen LogP contribution in [0.5, 0.6) is 5.75 Å². The molecule has 0 aromatic heterocycles. The monoisotopic (exact) mass is 294 g/mol. The highest BCUT2D eigenvalue weighted by Crippen LogP contribution is 2.22. The summed E-state index contributed by atoms with van der Waals surface area (Å²) in [5, 5.41) is 2.83. The Balaban J connectivity index is 2.46. The first kappa shape index (κ1) is 17.3. The molecule has 118 valence electrons. The molecule has 1 rings (SSSR count). The molecule has 1 aromatic rings. The minimum absolute atomic E-state index is 0.129. The van der Waals surface area contributed by atoms with Crippen molar-refractivity contribution in [1.29, 1.82) is 0 Å². The zero-order valence-electron chi connectivity index (χ0n) is 13.0. The number of ether oxygens (including phenoxy) is 2. The SMILES string of the molecule is CCCCCOc1ccc(C(=O)NCCCOC)cc1N. The van der Waals surface area contributed by atoms with Gasteiger partial charge in [-0.05, 0) is 31.0 Å². The quantitative estimate of drug-likeness (QED) is 0.514. The van der Waals surface area contributed by atoms with E-state index in [1.807, 2.05) is 0 Å². The molecule has 1 amide bonds. The lowest BCUT2D eigenvalue weighted by molar-refractivity contribution is 0.0948. The number of methoxy groups -OCH3 is 1. The van der Waals surface area contributed by atoms with Gasteiger partial charge in [-0.25, -0.2) is 0 Å². The van der Waals surface area contributed by atoms with Crippen molar-refractivity contribution in [2.24, 2.45) is 0 Å². The van der Waals surface area contributed by atoms with E-state index in [0.29, 0.717) is 36.8 Å². The van der Waals surface area contributed by atoms with Crippen molar-refractivity contribution >= 4 is 11.6 Å². The van der Waals surface area contributed by atoms with Gasteiger partial charge < -0.3 is 20.5 Å². The number of nitrogens with two attached hydrogens (primary N) is 1. The van der Waals surface area contributed by atoms with Crippen molar-refractivity contribution in [1.82, 2.24) is 5.32 Å². The summed E-state index contributed by atoms with van der Waals surface area (Å²) < 4.78 is 10.5. The molecule has 0 saturated heterocycles. The summed E-state index contributed by atoms with van der Waals surface area (Å²) >= 11 is 0. The maximum Gasteiger partial charge on any atom is 0.251 e. The number of benzene rings is 1. The molecule has 0 aliphatic heterocycles. The van der Waals surface area contributed by atoms with Crippen molar-refractivity contribution < 1.29 is 14.3 Å². The molecule has 0 saturated carbocycles. The van der Waals surface area contributed by atoms with Crippen LogP contribution in [0.25, 0.3) is 0 Å². The van der Waals surface area contributed by atoms with Crippen molar-refractivity contribution in [3.8, 4) is 5.75 Å². The molecule has 21 heavy (non-hydrogen) atoms. The molecule has 0 fully saturated rings. The Morgan fingerprint density at radius 2 is 2.05 bits per heavy atom. The summed E-state index contributed by atoms with van der Waals surface area (Å²) in [5.74, 6) is 0.511. The number of anilines is 1. The van der Waals surface area contributed by atoms with E-state index in [0.717, 1.165) is 25.7 Å². The Bertz CT molecular complexity index is 436.